The highest BCUT2D eigenvalue weighted by atomic mass is 16.5. The van der Waals surface area contributed by atoms with E-state index in [0.29, 0.717) is 17.5 Å². The molecule has 0 saturated carbocycles. The lowest BCUT2D eigenvalue weighted by atomic mass is 9.98. The van der Waals surface area contributed by atoms with Crippen LogP contribution in [0.1, 0.15) is 36.8 Å². The number of hydrogen-bond donors (Lipinski definition) is 0. The number of fused-ring (bicyclic) bond motifs is 3. The molecular formula is C27H29N3O4. The summed E-state index contributed by atoms with van der Waals surface area (Å²) in [7, 11) is 4.87. The molecule has 7 heteroatoms. The van der Waals surface area contributed by atoms with Crippen molar-refractivity contribution >= 4 is 10.9 Å². The summed E-state index contributed by atoms with van der Waals surface area (Å²) >= 11 is 0. The third kappa shape index (κ3) is 3.15. The summed E-state index contributed by atoms with van der Waals surface area (Å²) in [6, 6.07) is 15.9. The first-order valence-corrected chi connectivity index (χ1v) is 11.3. The summed E-state index contributed by atoms with van der Waals surface area (Å²) in [4.78, 5) is 26.7. The molecule has 0 saturated heterocycles. The molecule has 0 spiro atoms. The van der Waals surface area contributed by atoms with Gasteiger partial charge in [-0.3, -0.25) is 13.9 Å². The van der Waals surface area contributed by atoms with Crippen LogP contribution >= 0.6 is 0 Å². The van der Waals surface area contributed by atoms with Crippen LogP contribution in [0, 0.1) is 6.92 Å². The van der Waals surface area contributed by atoms with Crippen molar-refractivity contribution in [1.82, 2.24) is 13.7 Å². The molecule has 0 unspecified atom stereocenters. The van der Waals surface area contributed by atoms with Crippen LogP contribution in [0.3, 0.4) is 0 Å². The largest absolute Gasteiger partial charge is 0.497 e. The van der Waals surface area contributed by atoms with Gasteiger partial charge in [-0.2, -0.15) is 0 Å². The number of rotatable bonds is 3. The van der Waals surface area contributed by atoms with Crippen molar-refractivity contribution < 1.29 is 9.47 Å². The van der Waals surface area contributed by atoms with Gasteiger partial charge in [-0.05, 0) is 44.0 Å². The van der Waals surface area contributed by atoms with E-state index in [-0.39, 0.29) is 11.2 Å². The third-order valence-electron chi connectivity index (χ3n) is 6.79. The normalized spacial score (nSPS) is 17.1. The Balaban J connectivity index is 1.99. The Morgan fingerprint density at radius 2 is 1.74 bits per heavy atom. The molecule has 3 heterocycles. The maximum atomic E-state index is 13.6. The standard InChI is InChI=1S/C27H29N3O4/c1-16-10-12-17(13-11-16)21-20-22(28(4)26(32)29(5)25(20)31)23-24(34-15-27(2,3)30(21)23)18-8-7-9-19(14-18)33-6/h7-14,24H,15H2,1-6H3/t24-/m1/s1. The molecule has 176 valence electrons. The molecule has 0 aliphatic carbocycles. The Morgan fingerprint density at radius 1 is 1.03 bits per heavy atom. The van der Waals surface area contributed by atoms with Gasteiger partial charge in [0, 0.05) is 14.1 Å². The number of benzene rings is 2. The first-order valence-electron chi connectivity index (χ1n) is 11.3. The quantitative estimate of drug-likeness (QED) is 0.466. The lowest BCUT2D eigenvalue weighted by Crippen LogP contribution is -2.40. The van der Waals surface area contributed by atoms with Crippen molar-refractivity contribution in [2.75, 3.05) is 13.7 Å². The molecule has 1 aliphatic rings. The molecule has 1 aliphatic heterocycles. The molecule has 2 aromatic heterocycles. The molecule has 0 fully saturated rings. The van der Waals surface area contributed by atoms with E-state index in [1.807, 2.05) is 55.5 Å². The van der Waals surface area contributed by atoms with Gasteiger partial charge in [0.1, 0.15) is 11.9 Å². The van der Waals surface area contributed by atoms with Gasteiger partial charge < -0.3 is 14.0 Å². The molecule has 0 amide bonds. The van der Waals surface area contributed by atoms with Gasteiger partial charge >= 0.3 is 5.69 Å². The zero-order valence-corrected chi connectivity index (χ0v) is 20.4. The van der Waals surface area contributed by atoms with Crippen molar-refractivity contribution in [3.05, 3.63) is 86.2 Å². The van der Waals surface area contributed by atoms with Crippen LogP contribution in [-0.4, -0.2) is 27.4 Å². The van der Waals surface area contributed by atoms with E-state index in [0.717, 1.165) is 33.8 Å². The molecule has 0 bridgehead atoms. The Labute approximate surface area is 197 Å². The first-order chi connectivity index (χ1) is 16.2. The van der Waals surface area contributed by atoms with Crippen LogP contribution in [0.25, 0.3) is 22.2 Å². The second kappa shape index (κ2) is 7.74. The Hall–Kier alpha value is -3.58. The monoisotopic (exact) mass is 459 g/mol. The molecule has 34 heavy (non-hydrogen) atoms. The molecule has 1 atom stereocenters. The van der Waals surface area contributed by atoms with Crippen LogP contribution in [0.2, 0.25) is 0 Å². The summed E-state index contributed by atoms with van der Waals surface area (Å²) in [5.41, 5.74) is 4.04. The van der Waals surface area contributed by atoms with Crippen LogP contribution in [-0.2, 0) is 24.4 Å². The highest BCUT2D eigenvalue weighted by Crippen LogP contribution is 2.45. The highest BCUT2D eigenvalue weighted by Gasteiger charge is 2.40. The van der Waals surface area contributed by atoms with E-state index < -0.39 is 11.6 Å². The number of hydrogen-bond acceptors (Lipinski definition) is 4. The maximum Gasteiger partial charge on any atom is 0.331 e. The molecule has 0 radical (unpaired) electrons. The average Bonchev–Trinajstić information content (AvgIpc) is 3.19. The fraction of sp³-hybridized carbons (Fsp3) is 0.333. The van der Waals surface area contributed by atoms with Gasteiger partial charge in [-0.1, -0.05) is 42.0 Å². The number of ether oxygens (including phenoxy) is 2. The highest BCUT2D eigenvalue weighted by molar-refractivity contribution is 5.96. The fourth-order valence-corrected chi connectivity index (χ4v) is 5.04. The minimum atomic E-state index is -0.470. The van der Waals surface area contributed by atoms with Crippen molar-refractivity contribution in [2.45, 2.75) is 32.4 Å². The zero-order chi connectivity index (χ0) is 24.4. The van der Waals surface area contributed by atoms with E-state index >= 15 is 0 Å². The van der Waals surface area contributed by atoms with E-state index in [2.05, 4.69) is 18.4 Å². The predicted octanol–water partition coefficient (Wildman–Crippen LogP) is 3.88. The van der Waals surface area contributed by atoms with Crippen molar-refractivity contribution in [2.24, 2.45) is 14.1 Å². The van der Waals surface area contributed by atoms with Crippen molar-refractivity contribution in [3.63, 3.8) is 0 Å². The molecule has 4 aromatic rings. The lowest BCUT2D eigenvalue weighted by Gasteiger charge is -2.39. The summed E-state index contributed by atoms with van der Waals surface area (Å²) in [5.74, 6) is 0.719. The second-order valence-corrected chi connectivity index (χ2v) is 9.64. The predicted molar refractivity (Wildman–Crippen MR) is 133 cm³/mol. The summed E-state index contributed by atoms with van der Waals surface area (Å²) < 4.78 is 16.9. The summed E-state index contributed by atoms with van der Waals surface area (Å²) in [6.07, 6.45) is -0.470. The third-order valence-corrected chi connectivity index (χ3v) is 6.79. The summed E-state index contributed by atoms with van der Waals surface area (Å²) in [6.45, 7) is 6.67. The van der Waals surface area contributed by atoms with Crippen LogP contribution in [0.15, 0.2) is 58.1 Å². The van der Waals surface area contributed by atoms with Gasteiger partial charge in [0.15, 0.2) is 0 Å². The zero-order valence-electron chi connectivity index (χ0n) is 20.4. The van der Waals surface area contributed by atoms with E-state index in [9.17, 15) is 9.59 Å². The van der Waals surface area contributed by atoms with Gasteiger partial charge in [-0.25, -0.2) is 4.79 Å². The topological polar surface area (TPSA) is 67.4 Å². The van der Waals surface area contributed by atoms with Crippen LogP contribution < -0.4 is 16.0 Å². The lowest BCUT2D eigenvalue weighted by molar-refractivity contribution is -0.00714. The number of aromatic nitrogens is 3. The maximum absolute atomic E-state index is 13.6. The van der Waals surface area contributed by atoms with Crippen LogP contribution in [0.5, 0.6) is 5.75 Å². The molecule has 2 aromatic carbocycles. The van der Waals surface area contributed by atoms with Gasteiger partial charge in [0.25, 0.3) is 5.56 Å². The van der Waals surface area contributed by atoms with Gasteiger partial charge in [0.2, 0.25) is 0 Å². The average molecular weight is 460 g/mol. The number of methoxy groups -OCH3 is 1. The Kier molecular flexibility index (Phi) is 5.06. The van der Waals surface area contributed by atoms with E-state index in [4.69, 9.17) is 9.47 Å². The second-order valence-electron chi connectivity index (χ2n) is 9.64. The van der Waals surface area contributed by atoms with Crippen molar-refractivity contribution in [1.29, 1.82) is 0 Å². The summed E-state index contributed by atoms with van der Waals surface area (Å²) in [5, 5.41) is 0.523. The fourth-order valence-electron chi connectivity index (χ4n) is 5.04. The Bertz CT molecular complexity index is 1540. The first kappa shape index (κ1) is 22.2. The minimum Gasteiger partial charge on any atom is -0.497 e. The van der Waals surface area contributed by atoms with E-state index in [1.165, 1.54) is 11.6 Å². The number of nitrogens with zero attached hydrogens (tertiary/aromatic N) is 3. The number of aryl methyl sites for hydroxylation is 2. The smallest absolute Gasteiger partial charge is 0.331 e. The SMILES string of the molecule is COc1cccc([C@H]2OCC(C)(C)n3c(-c4ccc(C)cc4)c4c(=O)n(C)c(=O)n(C)c4c32)c1. The molecule has 5 rings (SSSR count). The van der Waals surface area contributed by atoms with Gasteiger partial charge in [-0.15, -0.1) is 0 Å². The van der Waals surface area contributed by atoms with Crippen molar-refractivity contribution in [3.8, 4) is 17.0 Å². The molecular weight excluding hydrogens is 430 g/mol. The van der Waals surface area contributed by atoms with E-state index in [1.54, 1.807) is 18.7 Å². The molecule has 0 N–H and O–H groups in total. The van der Waals surface area contributed by atoms with Crippen LogP contribution in [0.4, 0.5) is 0 Å². The molecule has 7 nitrogen and oxygen atoms in total. The minimum absolute atomic E-state index is 0.309. The van der Waals surface area contributed by atoms with Gasteiger partial charge in [0.05, 0.1) is 41.5 Å². The Morgan fingerprint density at radius 3 is 2.41 bits per heavy atom.